The van der Waals surface area contributed by atoms with E-state index in [1.165, 1.54) is 0 Å². The van der Waals surface area contributed by atoms with Crippen molar-refractivity contribution in [2.24, 2.45) is 22.2 Å². The summed E-state index contributed by atoms with van der Waals surface area (Å²) in [4.78, 5) is 39.6. The molecule has 0 aromatic carbocycles. The predicted molar refractivity (Wildman–Crippen MR) is 126 cm³/mol. The van der Waals surface area contributed by atoms with Crippen LogP contribution in [0, 0.1) is 0 Å². The molecule has 32 heavy (non-hydrogen) atoms. The lowest BCUT2D eigenvalue weighted by atomic mass is 10.1. The number of unbranched alkanes of at least 4 members (excludes halogenated alkanes) is 2. The number of nitrogens with one attached hydrogen (secondary N) is 3. The molecule has 0 aliphatic heterocycles. The molecule has 0 radical (unpaired) electrons. The van der Waals surface area contributed by atoms with E-state index < -0.39 is 6.10 Å². The molecule has 0 heterocycles. The van der Waals surface area contributed by atoms with Gasteiger partial charge in [-0.1, -0.05) is 6.92 Å². The molecule has 0 aliphatic carbocycles. The fraction of sp³-hybridized carbons (Fsp3) is 0.810. The van der Waals surface area contributed by atoms with Crippen LogP contribution >= 0.6 is 0 Å². The fourth-order valence-corrected chi connectivity index (χ4v) is 2.80. The Kier molecular flexibility index (Phi) is 19.0. The summed E-state index contributed by atoms with van der Waals surface area (Å²) in [5.41, 5.74) is 16.0. The number of hydrogen-bond acceptors (Lipinski definition) is 7. The molecule has 9 N–H and O–H groups in total. The third-order valence-corrected chi connectivity index (χ3v) is 4.56. The maximum Gasteiger partial charge on any atom is 0.305 e. The summed E-state index contributed by atoms with van der Waals surface area (Å²) < 4.78 is 5.36. The van der Waals surface area contributed by atoms with Crippen molar-refractivity contribution < 1.29 is 19.1 Å². The second kappa shape index (κ2) is 20.5. The van der Waals surface area contributed by atoms with E-state index in [2.05, 4.69) is 20.9 Å². The monoisotopic (exact) mass is 457 g/mol. The highest BCUT2D eigenvalue weighted by molar-refractivity contribution is 5.79. The zero-order chi connectivity index (χ0) is 24.0. The van der Waals surface area contributed by atoms with E-state index in [-0.39, 0.29) is 49.6 Å². The van der Waals surface area contributed by atoms with Gasteiger partial charge in [-0.05, 0) is 58.2 Å². The summed E-state index contributed by atoms with van der Waals surface area (Å²) in [6.07, 6.45) is 4.83. The lowest BCUT2D eigenvalue weighted by Gasteiger charge is -2.17. The van der Waals surface area contributed by atoms with Gasteiger partial charge in [0, 0.05) is 32.5 Å². The molecule has 11 nitrogen and oxygen atoms in total. The Morgan fingerprint density at radius 1 is 0.906 bits per heavy atom. The van der Waals surface area contributed by atoms with Crippen LogP contribution in [0.3, 0.4) is 0 Å². The molecular weight excluding hydrogens is 414 g/mol. The van der Waals surface area contributed by atoms with Crippen molar-refractivity contribution in [1.29, 1.82) is 0 Å². The highest BCUT2D eigenvalue weighted by Gasteiger charge is 2.17. The third kappa shape index (κ3) is 19.6. The first-order chi connectivity index (χ1) is 15.4. The molecule has 0 saturated carbocycles. The largest absolute Gasteiger partial charge is 0.462 e. The van der Waals surface area contributed by atoms with Gasteiger partial charge in [0.25, 0.3) is 0 Å². The Bertz CT molecular complexity index is 554. The molecule has 0 spiro atoms. The van der Waals surface area contributed by atoms with Crippen LogP contribution in [0.4, 0.5) is 0 Å². The first-order valence-electron chi connectivity index (χ1n) is 11.6. The molecule has 0 fully saturated rings. The number of ether oxygens (including phenoxy) is 1. The summed E-state index contributed by atoms with van der Waals surface area (Å²) in [5.74, 6) is -0.659. The average molecular weight is 458 g/mol. The van der Waals surface area contributed by atoms with E-state index in [4.69, 9.17) is 21.9 Å². The van der Waals surface area contributed by atoms with Crippen molar-refractivity contribution in [3.63, 3.8) is 0 Å². The first kappa shape index (κ1) is 29.6. The number of hydrogen-bond donors (Lipinski definition) is 6. The summed E-state index contributed by atoms with van der Waals surface area (Å²) in [7, 11) is 0. The Labute approximate surface area is 191 Å². The maximum atomic E-state index is 12.2. The highest BCUT2D eigenvalue weighted by Crippen LogP contribution is 2.11. The smallest absolute Gasteiger partial charge is 0.305 e. The standard InChI is InChI=1S/C21H43N7O4/c1-2-20(31)32-17(8-3-4-14-28-21(23)24)16-19(30)27-15-9-18(29)26-13-6-5-11-25-12-7-10-22/h17,25H,2-16,22H2,1H3,(H,26,29)(H,27,30)(H4,23,24,28). The normalized spacial score (nSPS) is 11.4. The van der Waals surface area contributed by atoms with Crippen LogP contribution in [-0.4, -0.2) is 69.1 Å². The van der Waals surface area contributed by atoms with Gasteiger partial charge in [0.1, 0.15) is 6.10 Å². The third-order valence-electron chi connectivity index (χ3n) is 4.56. The zero-order valence-electron chi connectivity index (χ0n) is 19.5. The number of carbonyl (C=O) groups excluding carboxylic acids is 3. The van der Waals surface area contributed by atoms with Gasteiger partial charge >= 0.3 is 5.97 Å². The number of rotatable bonds is 20. The second-order valence-electron chi connectivity index (χ2n) is 7.52. The lowest BCUT2D eigenvalue weighted by molar-refractivity contribution is -0.150. The van der Waals surface area contributed by atoms with Crippen molar-refractivity contribution in [3.05, 3.63) is 0 Å². The Balaban J connectivity index is 4.00. The van der Waals surface area contributed by atoms with Gasteiger partial charge in [-0.2, -0.15) is 0 Å². The van der Waals surface area contributed by atoms with E-state index in [1.54, 1.807) is 6.92 Å². The van der Waals surface area contributed by atoms with Crippen molar-refractivity contribution >= 4 is 23.7 Å². The molecule has 0 aliphatic rings. The van der Waals surface area contributed by atoms with Crippen LogP contribution in [0.5, 0.6) is 0 Å². The van der Waals surface area contributed by atoms with E-state index >= 15 is 0 Å². The highest BCUT2D eigenvalue weighted by atomic mass is 16.5. The zero-order valence-corrected chi connectivity index (χ0v) is 19.5. The van der Waals surface area contributed by atoms with Crippen LogP contribution in [0.2, 0.25) is 0 Å². The van der Waals surface area contributed by atoms with Gasteiger partial charge in [0.2, 0.25) is 11.8 Å². The molecule has 11 heteroatoms. The Morgan fingerprint density at radius 2 is 1.59 bits per heavy atom. The summed E-state index contributed by atoms with van der Waals surface area (Å²) in [6, 6.07) is 0. The molecule has 2 amide bonds. The van der Waals surface area contributed by atoms with Crippen molar-refractivity contribution in [2.75, 3.05) is 39.3 Å². The lowest BCUT2D eigenvalue weighted by Crippen LogP contribution is -2.33. The Hall–Kier alpha value is -2.40. The van der Waals surface area contributed by atoms with Crippen molar-refractivity contribution in [3.8, 4) is 0 Å². The van der Waals surface area contributed by atoms with Crippen LogP contribution in [0.1, 0.15) is 64.7 Å². The van der Waals surface area contributed by atoms with Gasteiger partial charge in [0.05, 0.1) is 6.42 Å². The van der Waals surface area contributed by atoms with Crippen LogP contribution in [0.15, 0.2) is 4.99 Å². The Morgan fingerprint density at radius 3 is 2.28 bits per heavy atom. The molecule has 0 saturated heterocycles. The van der Waals surface area contributed by atoms with Crippen LogP contribution < -0.4 is 33.2 Å². The van der Waals surface area contributed by atoms with E-state index in [0.29, 0.717) is 26.1 Å². The molecule has 1 atom stereocenters. The minimum absolute atomic E-state index is 0.0395. The number of esters is 1. The molecule has 0 aromatic heterocycles. The minimum atomic E-state index is -0.506. The number of guanidine groups is 1. The van der Waals surface area contributed by atoms with Crippen molar-refractivity contribution in [1.82, 2.24) is 16.0 Å². The van der Waals surface area contributed by atoms with Gasteiger partial charge in [0.15, 0.2) is 5.96 Å². The van der Waals surface area contributed by atoms with E-state index in [0.717, 1.165) is 45.2 Å². The number of amides is 2. The molecule has 186 valence electrons. The SMILES string of the molecule is CCC(=O)OC(CCCCN=C(N)N)CC(=O)NCCC(=O)NCCCCNCCCN. The summed E-state index contributed by atoms with van der Waals surface area (Å²) in [6.45, 7) is 5.55. The molecule has 0 aromatic rings. The topological polar surface area (TPSA) is 187 Å². The average Bonchev–Trinajstić information content (AvgIpc) is 2.74. The summed E-state index contributed by atoms with van der Waals surface area (Å²) in [5, 5.41) is 8.85. The maximum absolute atomic E-state index is 12.2. The van der Waals surface area contributed by atoms with Gasteiger partial charge < -0.3 is 37.9 Å². The molecule has 1 unspecified atom stereocenters. The van der Waals surface area contributed by atoms with E-state index in [1.807, 2.05) is 0 Å². The molecule has 0 bridgehead atoms. The molecule has 0 rings (SSSR count). The number of aliphatic imine (C=N–C) groups is 1. The fourth-order valence-electron chi connectivity index (χ4n) is 2.80. The van der Waals surface area contributed by atoms with E-state index in [9.17, 15) is 14.4 Å². The quantitative estimate of drug-likeness (QED) is 0.0609. The number of nitrogens with two attached hydrogens (primary N) is 3. The second-order valence-corrected chi connectivity index (χ2v) is 7.52. The number of carbonyl (C=O) groups is 3. The van der Waals surface area contributed by atoms with Crippen LogP contribution in [-0.2, 0) is 19.1 Å². The van der Waals surface area contributed by atoms with Crippen LogP contribution in [0.25, 0.3) is 0 Å². The van der Waals surface area contributed by atoms with Gasteiger partial charge in [-0.25, -0.2) is 0 Å². The summed E-state index contributed by atoms with van der Waals surface area (Å²) >= 11 is 0. The van der Waals surface area contributed by atoms with Gasteiger partial charge in [-0.3, -0.25) is 19.4 Å². The predicted octanol–water partition coefficient (Wildman–Crippen LogP) is -0.517. The molecular formula is C21H43N7O4. The number of nitrogens with zero attached hydrogens (tertiary/aromatic N) is 1. The van der Waals surface area contributed by atoms with Crippen molar-refractivity contribution in [2.45, 2.75) is 70.8 Å². The first-order valence-corrected chi connectivity index (χ1v) is 11.6. The van der Waals surface area contributed by atoms with Gasteiger partial charge in [-0.15, -0.1) is 0 Å². The minimum Gasteiger partial charge on any atom is -0.462 e.